The first-order valence-electron chi connectivity index (χ1n) is 11.8. The van der Waals surface area contributed by atoms with Crippen LogP contribution in [-0.4, -0.2) is 93.9 Å². The Morgan fingerprint density at radius 1 is 0.946 bits per heavy atom. The number of carbonyl (C=O) groups excluding carboxylic acids is 4. The van der Waals surface area contributed by atoms with Crippen molar-refractivity contribution < 1.29 is 39.0 Å². The zero-order valence-electron chi connectivity index (χ0n) is 20.4. The van der Waals surface area contributed by atoms with Gasteiger partial charge in [0.15, 0.2) is 5.96 Å². The van der Waals surface area contributed by atoms with Crippen molar-refractivity contribution in [1.29, 1.82) is 0 Å². The molecule has 208 valence electrons. The molecule has 16 nitrogen and oxygen atoms in total. The van der Waals surface area contributed by atoms with Crippen LogP contribution >= 0.6 is 0 Å². The number of nitrogens with two attached hydrogens (primary N) is 4. The molecule has 1 aliphatic rings. The van der Waals surface area contributed by atoms with Gasteiger partial charge in [-0.25, -0.2) is 4.79 Å². The number of hydrogen-bond donors (Lipinski definition) is 8. The molecule has 0 aromatic heterocycles. The maximum Gasteiger partial charge on any atom is 0.326 e. The molecule has 1 fully saturated rings. The Morgan fingerprint density at radius 2 is 1.62 bits per heavy atom. The van der Waals surface area contributed by atoms with Crippen LogP contribution in [0.15, 0.2) is 4.99 Å². The minimum absolute atomic E-state index is 0.0915. The van der Waals surface area contributed by atoms with Crippen LogP contribution in [0.25, 0.3) is 0 Å². The van der Waals surface area contributed by atoms with E-state index in [-0.39, 0.29) is 64.0 Å². The van der Waals surface area contributed by atoms with Gasteiger partial charge in [-0.05, 0) is 38.5 Å². The van der Waals surface area contributed by atoms with E-state index in [9.17, 15) is 33.9 Å². The van der Waals surface area contributed by atoms with Crippen molar-refractivity contribution in [1.82, 2.24) is 15.5 Å². The first-order chi connectivity index (χ1) is 17.3. The normalized spacial score (nSPS) is 17.2. The lowest BCUT2D eigenvalue weighted by atomic mass is 10.1. The number of carboxylic acid groups (broad SMARTS) is 2. The zero-order chi connectivity index (χ0) is 28.1. The van der Waals surface area contributed by atoms with E-state index in [1.165, 1.54) is 4.90 Å². The number of likely N-dealkylation sites (tertiary alicyclic amines) is 1. The first-order valence-corrected chi connectivity index (χ1v) is 11.8. The zero-order valence-corrected chi connectivity index (χ0v) is 20.4. The van der Waals surface area contributed by atoms with Crippen LogP contribution in [0.4, 0.5) is 0 Å². The van der Waals surface area contributed by atoms with Gasteiger partial charge >= 0.3 is 11.9 Å². The Kier molecular flexibility index (Phi) is 12.8. The summed E-state index contributed by atoms with van der Waals surface area (Å²) in [6, 6.07) is -4.67. The van der Waals surface area contributed by atoms with E-state index in [1.54, 1.807) is 0 Å². The Balaban J connectivity index is 2.98. The fourth-order valence-electron chi connectivity index (χ4n) is 3.76. The molecule has 37 heavy (non-hydrogen) atoms. The third-order valence-electron chi connectivity index (χ3n) is 5.70. The van der Waals surface area contributed by atoms with E-state index in [2.05, 4.69) is 15.6 Å². The van der Waals surface area contributed by atoms with Crippen LogP contribution in [-0.2, 0) is 28.8 Å². The minimum atomic E-state index is -1.38. The summed E-state index contributed by atoms with van der Waals surface area (Å²) in [4.78, 5) is 77.1. The molecule has 4 atom stereocenters. The molecule has 4 unspecified atom stereocenters. The number of nitrogens with one attached hydrogen (secondary N) is 2. The molecular weight excluding hydrogens is 492 g/mol. The van der Waals surface area contributed by atoms with Crippen LogP contribution in [0.3, 0.4) is 0 Å². The Bertz CT molecular complexity index is 892. The third kappa shape index (κ3) is 11.1. The largest absolute Gasteiger partial charge is 0.481 e. The van der Waals surface area contributed by atoms with Crippen LogP contribution in [0.1, 0.15) is 51.4 Å². The van der Waals surface area contributed by atoms with Gasteiger partial charge in [0, 0.05) is 25.9 Å². The van der Waals surface area contributed by atoms with E-state index in [4.69, 9.17) is 28.0 Å². The predicted molar refractivity (Wildman–Crippen MR) is 129 cm³/mol. The van der Waals surface area contributed by atoms with E-state index >= 15 is 0 Å². The first kappa shape index (κ1) is 31.1. The molecule has 0 bridgehead atoms. The molecule has 4 amide bonds. The van der Waals surface area contributed by atoms with Gasteiger partial charge in [0.05, 0.1) is 6.04 Å². The summed E-state index contributed by atoms with van der Waals surface area (Å²) in [5, 5.41) is 23.0. The van der Waals surface area contributed by atoms with Gasteiger partial charge < -0.3 is 48.7 Å². The van der Waals surface area contributed by atoms with Crippen molar-refractivity contribution in [2.75, 3.05) is 13.1 Å². The van der Waals surface area contributed by atoms with Crippen molar-refractivity contribution >= 4 is 41.5 Å². The minimum Gasteiger partial charge on any atom is -0.481 e. The SMILES string of the molecule is NC(=O)CCC(NC(=O)C1CCCN1C(=O)C(CCCN=C(N)N)NC(=O)C(N)CCC(=O)O)C(=O)O. The molecule has 1 aliphatic heterocycles. The van der Waals surface area contributed by atoms with Crippen molar-refractivity contribution in [2.45, 2.75) is 75.5 Å². The second kappa shape index (κ2) is 15.2. The number of aliphatic imine (C=N–C) groups is 1. The second-order valence-electron chi connectivity index (χ2n) is 8.64. The predicted octanol–water partition coefficient (Wildman–Crippen LogP) is -3.46. The number of primary amides is 1. The highest BCUT2D eigenvalue weighted by Crippen LogP contribution is 2.20. The fraction of sp³-hybridized carbons (Fsp3) is 0.667. The maximum absolute atomic E-state index is 13.4. The molecule has 0 aromatic carbocycles. The van der Waals surface area contributed by atoms with Gasteiger partial charge in [-0.15, -0.1) is 0 Å². The molecule has 0 saturated carbocycles. The average Bonchev–Trinajstić information content (AvgIpc) is 3.30. The quantitative estimate of drug-likeness (QED) is 0.0553. The summed E-state index contributed by atoms with van der Waals surface area (Å²) in [6.45, 7) is 0.346. The number of amides is 4. The summed E-state index contributed by atoms with van der Waals surface area (Å²) < 4.78 is 0. The highest BCUT2D eigenvalue weighted by Gasteiger charge is 2.39. The molecule has 0 aliphatic carbocycles. The molecule has 0 aromatic rings. The molecule has 12 N–H and O–H groups in total. The molecule has 1 saturated heterocycles. The molecule has 0 radical (unpaired) electrons. The Labute approximate surface area is 213 Å². The van der Waals surface area contributed by atoms with Gasteiger partial charge in [0.25, 0.3) is 0 Å². The van der Waals surface area contributed by atoms with Gasteiger partial charge in [0.2, 0.25) is 23.6 Å². The van der Waals surface area contributed by atoms with Gasteiger partial charge in [-0.1, -0.05) is 0 Å². The van der Waals surface area contributed by atoms with Crippen LogP contribution in [0.2, 0.25) is 0 Å². The molecule has 1 heterocycles. The van der Waals surface area contributed by atoms with E-state index < -0.39 is 59.7 Å². The Hall–Kier alpha value is -3.95. The van der Waals surface area contributed by atoms with Gasteiger partial charge in [-0.2, -0.15) is 0 Å². The topological polar surface area (TPSA) is 287 Å². The van der Waals surface area contributed by atoms with Crippen molar-refractivity contribution in [3.63, 3.8) is 0 Å². The molecular formula is C21H36N8O8. The molecule has 1 rings (SSSR count). The van der Waals surface area contributed by atoms with Crippen molar-refractivity contribution in [3.8, 4) is 0 Å². The number of carboxylic acids is 2. The van der Waals surface area contributed by atoms with E-state index in [0.717, 1.165) is 0 Å². The summed E-state index contributed by atoms with van der Waals surface area (Å²) >= 11 is 0. The van der Waals surface area contributed by atoms with Gasteiger partial charge in [-0.3, -0.25) is 29.0 Å². The number of rotatable bonds is 16. The molecule has 16 heteroatoms. The molecule has 0 spiro atoms. The lowest BCUT2D eigenvalue weighted by molar-refractivity contribution is -0.145. The van der Waals surface area contributed by atoms with Crippen molar-refractivity contribution in [3.05, 3.63) is 0 Å². The van der Waals surface area contributed by atoms with E-state index in [0.29, 0.717) is 6.42 Å². The highest BCUT2D eigenvalue weighted by molar-refractivity contribution is 5.94. The number of guanidine groups is 1. The van der Waals surface area contributed by atoms with Crippen molar-refractivity contribution in [2.24, 2.45) is 27.9 Å². The number of carbonyl (C=O) groups is 6. The lowest BCUT2D eigenvalue weighted by Gasteiger charge is -2.30. The van der Waals surface area contributed by atoms with Gasteiger partial charge in [0.1, 0.15) is 18.1 Å². The summed E-state index contributed by atoms with van der Waals surface area (Å²) in [5.41, 5.74) is 21.4. The third-order valence-corrected chi connectivity index (χ3v) is 5.70. The number of aliphatic carboxylic acids is 2. The number of hydrogen-bond acceptors (Lipinski definition) is 8. The van der Waals surface area contributed by atoms with Crippen LogP contribution in [0.5, 0.6) is 0 Å². The summed E-state index contributed by atoms with van der Waals surface area (Å²) in [6.07, 6.45) is 0.138. The second-order valence-corrected chi connectivity index (χ2v) is 8.64. The summed E-state index contributed by atoms with van der Waals surface area (Å²) in [7, 11) is 0. The van der Waals surface area contributed by atoms with Crippen LogP contribution < -0.4 is 33.6 Å². The Morgan fingerprint density at radius 3 is 2.19 bits per heavy atom. The van der Waals surface area contributed by atoms with E-state index in [1.807, 2.05) is 0 Å². The average molecular weight is 529 g/mol. The highest BCUT2D eigenvalue weighted by atomic mass is 16.4. The smallest absolute Gasteiger partial charge is 0.326 e. The maximum atomic E-state index is 13.4. The standard InChI is InChI=1S/C21H36N8O8/c22-11(5-8-16(31)32)17(33)27-12(3-1-9-26-21(24)25)19(35)29-10-2-4-14(29)18(34)28-13(20(36)37)6-7-15(23)30/h11-14H,1-10,22H2,(H2,23,30)(H,27,33)(H,28,34)(H,31,32)(H,36,37)(H4,24,25,26). The number of nitrogens with zero attached hydrogens (tertiary/aromatic N) is 2. The monoisotopic (exact) mass is 528 g/mol. The fourth-order valence-corrected chi connectivity index (χ4v) is 3.76. The summed E-state index contributed by atoms with van der Waals surface area (Å²) in [5.74, 6) is -5.40. The lowest BCUT2D eigenvalue weighted by Crippen LogP contribution is -2.56. The van der Waals surface area contributed by atoms with Crippen LogP contribution in [0, 0.1) is 0 Å².